The van der Waals surface area contributed by atoms with Crippen molar-refractivity contribution < 1.29 is 0 Å². The molecule has 1 N–H and O–H groups in total. The zero-order chi connectivity index (χ0) is 8.27. The minimum Gasteiger partial charge on any atom is -0.377 e. The van der Waals surface area contributed by atoms with Crippen LogP contribution in [0.1, 0.15) is 5.69 Å². The van der Waals surface area contributed by atoms with Gasteiger partial charge in [-0.05, 0) is 14.1 Å². The first-order valence-electron chi connectivity index (χ1n) is 3.37. The molecule has 0 bridgehead atoms. The number of aromatic nitrogens is 2. The maximum absolute atomic E-state index is 3.99. The molecule has 0 saturated heterocycles. The summed E-state index contributed by atoms with van der Waals surface area (Å²) in [4.78, 5) is 2.07. The summed E-state index contributed by atoms with van der Waals surface area (Å²) in [5.74, 6) is 0. The Balaban J connectivity index is 2.68. The second kappa shape index (κ2) is 3.64. The summed E-state index contributed by atoms with van der Waals surface area (Å²) in [6.07, 6.45) is 0. The highest BCUT2D eigenvalue weighted by molar-refractivity contribution is 7.10. The first-order chi connectivity index (χ1) is 5.24. The summed E-state index contributed by atoms with van der Waals surface area (Å²) in [6.45, 7) is 0.840. The van der Waals surface area contributed by atoms with Crippen molar-refractivity contribution in [1.82, 2.24) is 14.5 Å². The highest BCUT2D eigenvalue weighted by Crippen LogP contribution is 2.16. The van der Waals surface area contributed by atoms with Crippen LogP contribution < -0.4 is 5.32 Å². The minimum absolute atomic E-state index is 0.840. The molecule has 62 valence electrons. The lowest BCUT2D eigenvalue weighted by atomic mass is 10.4. The van der Waals surface area contributed by atoms with E-state index >= 15 is 0 Å². The van der Waals surface area contributed by atoms with Crippen LogP contribution in [0.25, 0.3) is 0 Å². The molecule has 4 nitrogen and oxygen atoms in total. The molecule has 1 aromatic heterocycles. The monoisotopic (exact) mass is 172 g/mol. The average molecular weight is 172 g/mol. The Hall–Kier alpha value is -0.680. The second-order valence-corrected chi connectivity index (χ2v) is 3.29. The Bertz CT molecular complexity index is 220. The number of hydrogen-bond acceptors (Lipinski definition) is 5. The quantitative estimate of drug-likeness (QED) is 0.726. The zero-order valence-corrected chi connectivity index (χ0v) is 7.77. The van der Waals surface area contributed by atoms with E-state index in [4.69, 9.17) is 0 Å². The predicted molar refractivity (Wildman–Crippen MR) is 46.8 cm³/mol. The molecule has 11 heavy (non-hydrogen) atoms. The van der Waals surface area contributed by atoms with E-state index in [0.717, 1.165) is 17.2 Å². The van der Waals surface area contributed by atoms with Gasteiger partial charge in [0.05, 0.1) is 0 Å². The molecule has 1 aromatic rings. The Morgan fingerprint density at radius 1 is 1.55 bits per heavy atom. The lowest BCUT2D eigenvalue weighted by molar-refractivity contribution is 0.397. The van der Waals surface area contributed by atoms with Crippen LogP contribution in [0, 0.1) is 0 Å². The van der Waals surface area contributed by atoms with Gasteiger partial charge in [0.2, 0.25) is 0 Å². The highest BCUT2D eigenvalue weighted by Gasteiger charge is 2.05. The van der Waals surface area contributed by atoms with Gasteiger partial charge in [-0.3, -0.25) is 0 Å². The molecular weight excluding hydrogens is 160 g/mol. The van der Waals surface area contributed by atoms with E-state index in [2.05, 4.69) is 19.8 Å². The lowest BCUT2D eigenvalue weighted by Gasteiger charge is -2.06. The van der Waals surface area contributed by atoms with Crippen molar-refractivity contribution in [2.24, 2.45) is 0 Å². The third-order valence-electron chi connectivity index (χ3n) is 1.25. The van der Waals surface area contributed by atoms with Gasteiger partial charge in [-0.2, -0.15) is 0 Å². The van der Waals surface area contributed by atoms with Crippen molar-refractivity contribution >= 4 is 16.5 Å². The summed E-state index contributed by atoms with van der Waals surface area (Å²) in [7, 11) is 5.91. The molecule has 0 aromatic carbocycles. The van der Waals surface area contributed by atoms with Crippen LogP contribution in [0.15, 0.2) is 0 Å². The fourth-order valence-corrected chi connectivity index (χ4v) is 1.32. The third-order valence-corrected chi connectivity index (χ3v) is 2.03. The second-order valence-electron chi connectivity index (χ2n) is 2.54. The maximum Gasteiger partial charge on any atom is 0.134 e. The van der Waals surface area contributed by atoms with Crippen molar-refractivity contribution in [2.75, 3.05) is 26.5 Å². The normalized spacial score (nSPS) is 10.5. The Labute approximate surface area is 70.4 Å². The van der Waals surface area contributed by atoms with Gasteiger partial charge in [0, 0.05) is 25.1 Å². The standard InChI is InChI=1S/C6H12N4S/c1-7-6-5(4-10(2)3)8-9-11-6/h7H,4H2,1-3H3. The van der Waals surface area contributed by atoms with E-state index in [0.29, 0.717) is 0 Å². The molecule has 0 aliphatic rings. The highest BCUT2D eigenvalue weighted by atomic mass is 32.1. The van der Waals surface area contributed by atoms with E-state index in [9.17, 15) is 0 Å². The number of nitrogens with zero attached hydrogens (tertiary/aromatic N) is 3. The number of anilines is 1. The largest absolute Gasteiger partial charge is 0.377 e. The van der Waals surface area contributed by atoms with Gasteiger partial charge in [0.15, 0.2) is 0 Å². The van der Waals surface area contributed by atoms with E-state index in [1.54, 1.807) is 0 Å². The molecule has 0 radical (unpaired) electrons. The van der Waals surface area contributed by atoms with Gasteiger partial charge in [0.25, 0.3) is 0 Å². The van der Waals surface area contributed by atoms with E-state index in [1.165, 1.54) is 11.5 Å². The molecular formula is C6H12N4S. The summed E-state index contributed by atoms with van der Waals surface area (Å²) >= 11 is 1.39. The molecule has 0 aliphatic carbocycles. The van der Waals surface area contributed by atoms with E-state index in [-0.39, 0.29) is 0 Å². The number of rotatable bonds is 3. The first-order valence-corrected chi connectivity index (χ1v) is 4.15. The van der Waals surface area contributed by atoms with Gasteiger partial charge in [0.1, 0.15) is 10.7 Å². The molecule has 0 atom stereocenters. The molecule has 5 heteroatoms. The maximum atomic E-state index is 3.99. The Morgan fingerprint density at radius 2 is 2.27 bits per heavy atom. The van der Waals surface area contributed by atoms with Crippen LogP contribution in [0.3, 0.4) is 0 Å². The van der Waals surface area contributed by atoms with Crippen LogP contribution >= 0.6 is 11.5 Å². The van der Waals surface area contributed by atoms with Crippen LogP contribution in [0.4, 0.5) is 5.00 Å². The van der Waals surface area contributed by atoms with Crippen molar-refractivity contribution in [3.05, 3.63) is 5.69 Å². The molecule has 0 spiro atoms. The van der Waals surface area contributed by atoms with Gasteiger partial charge in [-0.1, -0.05) is 4.49 Å². The van der Waals surface area contributed by atoms with Crippen molar-refractivity contribution in [3.63, 3.8) is 0 Å². The topological polar surface area (TPSA) is 41.1 Å². The number of hydrogen-bond donors (Lipinski definition) is 1. The Morgan fingerprint density at radius 3 is 2.82 bits per heavy atom. The van der Waals surface area contributed by atoms with Crippen molar-refractivity contribution in [1.29, 1.82) is 0 Å². The van der Waals surface area contributed by atoms with Crippen LogP contribution in [-0.2, 0) is 6.54 Å². The fourth-order valence-electron chi connectivity index (χ4n) is 0.802. The van der Waals surface area contributed by atoms with E-state index < -0.39 is 0 Å². The predicted octanol–water partition coefficient (Wildman–Crippen LogP) is 0.641. The molecule has 0 unspecified atom stereocenters. The van der Waals surface area contributed by atoms with E-state index in [1.807, 2.05) is 21.1 Å². The van der Waals surface area contributed by atoms with Crippen molar-refractivity contribution in [2.45, 2.75) is 6.54 Å². The Kier molecular flexibility index (Phi) is 2.78. The summed E-state index contributed by atoms with van der Waals surface area (Å²) in [5.41, 5.74) is 1.02. The summed E-state index contributed by atoms with van der Waals surface area (Å²) < 4.78 is 3.85. The van der Waals surface area contributed by atoms with Crippen LogP contribution in [0.2, 0.25) is 0 Å². The van der Waals surface area contributed by atoms with Crippen LogP contribution in [-0.4, -0.2) is 35.6 Å². The van der Waals surface area contributed by atoms with Gasteiger partial charge in [-0.25, -0.2) is 0 Å². The molecule has 0 saturated carbocycles. The molecule has 1 heterocycles. The van der Waals surface area contributed by atoms with Gasteiger partial charge in [-0.15, -0.1) is 5.10 Å². The molecule has 0 aliphatic heterocycles. The zero-order valence-electron chi connectivity index (χ0n) is 6.96. The first kappa shape index (κ1) is 8.42. The lowest BCUT2D eigenvalue weighted by Crippen LogP contribution is -2.12. The minimum atomic E-state index is 0.840. The number of nitrogens with one attached hydrogen (secondary N) is 1. The fraction of sp³-hybridized carbons (Fsp3) is 0.667. The van der Waals surface area contributed by atoms with Gasteiger partial charge < -0.3 is 10.2 Å². The summed E-state index contributed by atoms with van der Waals surface area (Å²) in [5, 5.41) is 8.09. The smallest absolute Gasteiger partial charge is 0.134 e. The van der Waals surface area contributed by atoms with Crippen LogP contribution in [0.5, 0.6) is 0 Å². The molecule has 1 rings (SSSR count). The average Bonchev–Trinajstić information content (AvgIpc) is 2.34. The third kappa shape index (κ3) is 2.13. The molecule has 0 amide bonds. The van der Waals surface area contributed by atoms with Crippen molar-refractivity contribution in [3.8, 4) is 0 Å². The summed E-state index contributed by atoms with van der Waals surface area (Å²) in [6, 6.07) is 0. The van der Waals surface area contributed by atoms with Gasteiger partial charge >= 0.3 is 0 Å². The molecule has 0 fully saturated rings. The SMILES string of the molecule is CNc1snnc1CN(C)C.